The zero-order valence-corrected chi connectivity index (χ0v) is 18.6. The molecule has 0 bridgehead atoms. The van der Waals surface area contributed by atoms with Crippen molar-refractivity contribution in [1.82, 2.24) is 9.55 Å². The number of carbonyl (C=O) groups is 3. The number of nitrogens with one attached hydrogen (secondary N) is 1. The van der Waals surface area contributed by atoms with Crippen molar-refractivity contribution in [1.29, 1.82) is 0 Å². The maximum Gasteiger partial charge on any atom is 0.357 e. The fourth-order valence-corrected chi connectivity index (χ4v) is 4.08. The Kier molecular flexibility index (Phi) is 6.74. The number of rotatable bonds is 7. The highest BCUT2D eigenvalue weighted by Gasteiger charge is 2.22. The molecule has 33 heavy (non-hydrogen) atoms. The molecule has 1 fully saturated rings. The molecule has 2 amide bonds. The van der Waals surface area contributed by atoms with E-state index in [-0.39, 0.29) is 11.6 Å². The van der Waals surface area contributed by atoms with E-state index in [9.17, 15) is 18.8 Å². The second kappa shape index (κ2) is 9.86. The molecule has 170 valence electrons. The third-order valence-corrected chi connectivity index (χ3v) is 5.71. The summed E-state index contributed by atoms with van der Waals surface area (Å²) in [6, 6.07) is 12.6. The Balaban J connectivity index is 1.41. The molecular formula is C23H21FN4O4S. The topological polar surface area (TPSA) is 93.5 Å². The van der Waals surface area contributed by atoms with Gasteiger partial charge in [0.1, 0.15) is 5.82 Å². The average Bonchev–Trinajstić information content (AvgIpc) is 3.44. The summed E-state index contributed by atoms with van der Waals surface area (Å²) in [5.41, 5.74) is 1.87. The van der Waals surface area contributed by atoms with Gasteiger partial charge in [-0.1, -0.05) is 17.8 Å². The first-order valence-electron chi connectivity index (χ1n) is 10.2. The highest BCUT2D eigenvalue weighted by Crippen LogP contribution is 2.25. The van der Waals surface area contributed by atoms with Crippen molar-refractivity contribution in [3.05, 3.63) is 66.2 Å². The summed E-state index contributed by atoms with van der Waals surface area (Å²) in [4.78, 5) is 42.8. The van der Waals surface area contributed by atoms with Crippen molar-refractivity contribution in [2.75, 3.05) is 29.6 Å². The summed E-state index contributed by atoms with van der Waals surface area (Å²) in [5, 5.41) is 3.19. The Morgan fingerprint density at radius 3 is 2.67 bits per heavy atom. The monoisotopic (exact) mass is 468 g/mol. The Labute approximate surface area is 193 Å². The lowest BCUT2D eigenvalue weighted by atomic mass is 10.2. The van der Waals surface area contributed by atoms with Crippen LogP contribution in [0, 0.1) is 5.82 Å². The Hall–Kier alpha value is -3.66. The van der Waals surface area contributed by atoms with E-state index < -0.39 is 24.3 Å². The number of aromatic nitrogens is 2. The first-order valence-corrected chi connectivity index (χ1v) is 11.4. The molecule has 0 radical (unpaired) electrons. The number of ether oxygens (including phenoxy) is 1. The Morgan fingerprint density at radius 1 is 1.18 bits per heavy atom. The van der Waals surface area contributed by atoms with E-state index in [4.69, 9.17) is 4.74 Å². The van der Waals surface area contributed by atoms with Crippen LogP contribution in [-0.2, 0) is 14.3 Å². The maximum absolute atomic E-state index is 13.3. The van der Waals surface area contributed by atoms with Crippen LogP contribution in [0.5, 0.6) is 0 Å². The molecule has 2 aromatic carbocycles. The van der Waals surface area contributed by atoms with Gasteiger partial charge in [0.05, 0.1) is 6.20 Å². The highest BCUT2D eigenvalue weighted by molar-refractivity contribution is 7.98. The number of amides is 2. The number of benzene rings is 2. The number of hydrogen-bond donors (Lipinski definition) is 1. The van der Waals surface area contributed by atoms with Gasteiger partial charge >= 0.3 is 5.97 Å². The van der Waals surface area contributed by atoms with Crippen molar-refractivity contribution in [2.45, 2.75) is 18.0 Å². The van der Waals surface area contributed by atoms with Crippen LogP contribution in [0.1, 0.15) is 23.3 Å². The molecule has 0 spiro atoms. The quantitative estimate of drug-likeness (QED) is 0.420. The molecule has 1 saturated heterocycles. The third-order valence-electron chi connectivity index (χ3n) is 5.06. The lowest BCUT2D eigenvalue weighted by Crippen LogP contribution is -2.24. The van der Waals surface area contributed by atoms with Gasteiger partial charge in [-0.15, -0.1) is 0 Å². The Bertz CT molecular complexity index is 1200. The molecule has 1 aliphatic rings. The lowest BCUT2D eigenvalue weighted by Gasteiger charge is -2.16. The highest BCUT2D eigenvalue weighted by atomic mass is 32.2. The van der Waals surface area contributed by atoms with Crippen molar-refractivity contribution < 1.29 is 23.5 Å². The molecule has 0 saturated carbocycles. The van der Waals surface area contributed by atoms with Crippen LogP contribution in [0.25, 0.3) is 5.69 Å². The van der Waals surface area contributed by atoms with Crippen molar-refractivity contribution in [3.8, 4) is 5.69 Å². The number of anilines is 2. The predicted octanol–water partition coefficient (Wildman–Crippen LogP) is 3.66. The standard InChI is InChI=1S/C23H21FN4O4S/c1-33-23-25-13-19(28(23)17-9-7-15(24)8-10-17)22(31)32-14-20(29)26-16-4-2-5-18(12-16)27-11-3-6-21(27)30/h2,4-5,7-10,12-13H,3,6,11,14H2,1H3,(H,26,29). The lowest BCUT2D eigenvalue weighted by molar-refractivity contribution is -0.119. The molecule has 1 aromatic heterocycles. The molecule has 1 N–H and O–H groups in total. The van der Waals surface area contributed by atoms with Crippen LogP contribution in [0.15, 0.2) is 59.9 Å². The van der Waals surface area contributed by atoms with Crippen LogP contribution < -0.4 is 10.2 Å². The number of nitrogens with zero attached hydrogens (tertiary/aromatic N) is 3. The third kappa shape index (κ3) is 5.06. The van der Waals surface area contributed by atoms with Gasteiger partial charge in [-0.2, -0.15) is 0 Å². The molecule has 0 aliphatic carbocycles. The summed E-state index contributed by atoms with van der Waals surface area (Å²) >= 11 is 1.31. The number of esters is 1. The van der Waals surface area contributed by atoms with Crippen LogP contribution in [-0.4, -0.2) is 46.7 Å². The molecular weight excluding hydrogens is 447 g/mol. The van der Waals surface area contributed by atoms with Gasteiger partial charge in [0.25, 0.3) is 5.91 Å². The van der Waals surface area contributed by atoms with Gasteiger partial charge in [-0.25, -0.2) is 14.2 Å². The minimum atomic E-state index is -0.737. The molecule has 1 aliphatic heterocycles. The van der Waals surface area contributed by atoms with Crippen LogP contribution in [0.4, 0.5) is 15.8 Å². The zero-order chi connectivity index (χ0) is 23.4. The molecule has 0 unspecified atom stereocenters. The van der Waals surface area contributed by atoms with E-state index in [1.54, 1.807) is 40.0 Å². The van der Waals surface area contributed by atoms with Crippen LogP contribution in [0.3, 0.4) is 0 Å². The molecule has 8 nitrogen and oxygen atoms in total. The molecule has 2 heterocycles. The smallest absolute Gasteiger partial charge is 0.357 e. The number of imidazole rings is 1. The van der Waals surface area contributed by atoms with Gasteiger partial charge < -0.3 is 15.0 Å². The van der Waals surface area contributed by atoms with Crippen molar-refractivity contribution >= 4 is 40.9 Å². The second-order valence-corrected chi connectivity index (χ2v) is 8.04. The number of carbonyl (C=O) groups excluding carboxylic acids is 3. The SMILES string of the molecule is CSc1ncc(C(=O)OCC(=O)Nc2cccc(N3CCCC3=O)c2)n1-c1ccc(F)cc1. The van der Waals surface area contributed by atoms with Crippen LogP contribution in [0.2, 0.25) is 0 Å². The normalized spacial score (nSPS) is 13.3. The van der Waals surface area contributed by atoms with E-state index in [1.807, 2.05) is 0 Å². The minimum Gasteiger partial charge on any atom is -0.451 e. The van der Waals surface area contributed by atoms with Gasteiger partial charge in [0.15, 0.2) is 17.5 Å². The van der Waals surface area contributed by atoms with E-state index >= 15 is 0 Å². The van der Waals surface area contributed by atoms with Gasteiger partial charge in [0.2, 0.25) is 5.91 Å². The fraction of sp³-hybridized carbons (Fsp3) is 0.217. The van der Waals surface area contributed by atoms with Gasteiger partial charge in [-0.05, 0) is 55.1 Å². The minimum absolute atomic E-state index is 0.0507. The summed E-state index contributed by atoms with van der Waals surface area (Å²) < 4.78 is 20.0. The van der Waals surface area contributed by atoms with Gasteiger partial charge in [0, 0.05) is 30.0 Å². The fourth-order valence-electron chi connectivity index (χ4n) is 3.54. The first kappa shape index (κ1) is 22.5. The predicted molar refractivity (Wildman–Crippen MR) is 122 cm³/mol. The molecule has 10 heteroatoms. The molecule has 3 aromatic rings. The number of thioether (sulfide) groups is 1. The van der Waals surface area contributed by atoms with E-state index in [0.29, 0.717) is 35.2 Å². The zero-order valence-electron chi connectivity index (χ0n) is 17.8. The largest absolute Gasteiger partial charge is 0.451 e. The summed E-state index contributed by atoms with van der Waals surface area (Å²) in [6.07, 6.45) is 4.47. The van der Waals surface area contributed by atoms with Crippen LogP contribution >= 0.6 is 11.8 Å². The molecule has 0 atom stereocenters. The van der Waals surface area contributed by atoms with Crippen molar-refractivity contribution in [2.24, 2.45) is 0 Å². The molecule has 4 rings (SSSR count). The van der Waals surface area contributed by atoms with E-state index in [2.05, 4.69) is 10.3 Å². The summed E-state index contributed by atoms with van der Waals surface area (Å²) in [5.74, 6) is -1.61. The van der Waals surface area contributed by atoms with Gasteiger partial charge in [-0.3, -0.25) is 14.2 Å². The Morgan fingerprint density at radius 2 is 1.97 bits per heavy atom. The first-order chi connectivity index (χ1) is 16.0. The average molecular weight is 469 g/mol. The number of halogens is 1. The summed E-state index contributed by atoms with van der Waals surface area (Å²) in [6.45, 7) is 0.141. The van der Waals surface area contributed by atoms with Crippen molar-refractivity contribution in [3.63, 3.8) is 0 Å². The maximum atomic E-state index is 13.3. The van der Waals surface area contributed by atoms with E-state index in [0.717, 1.165) is 6.42 Å². The summed E-state index contributed by atoms with van der Waals surface area (Å²) in [7, 11) is 0. The number of hydrogen-bond acceptors (Lipinski definition) is 6. The second-order valence-electron chi connectivity index (χ2n) is 7.27. The van der Waals surface area contributed by atoms with E-state index in [1.165, 1.54) is 42.2 Å².